The smallest absolute Gasteiger partial charge is 0.296 e. The summed E-state index contributed by atoms with van der Waals surface area (Å²) in [4.78, 5) is 3.26. The van der Waals surface area contributed by atoms with Crippen LogP contribution in [0.5, 0.6) is 5.75 Å². The maximum atomic E-state index is 12.3. The number of phenols is 1. The Bertz CT molecular complexity index is 2030. The van der Waals surface area contributed by atoms with Crippen molar-refractivity contribution in [2.24, 2.45) is 10.2 Å². The van der Waals surface area contributed by atoms with Crippen LogP contribution < -0.4 is 5.73 Å². The Balaban J connectivity index is 0.00000220. The van der Waals surface area contributed by atoms with Gasteiger partial charge in [-0.15, -0.1) is 21.6 Å². The van der Waals surface area contributed by atoms with Gasteiger partial charge in [-0.2, -0.15) is 16.8 Å². The Morgan fingerprint density at radius 2 is 1.52 bits per heavy atom. The molecule has 2 radical (unpaired) electrons. The van der Waals surface area contributed by atoms with Gasteiger partial charge in [-0.3, -0.25) is 9.11 Å². The van der Waals surface area contributed by atoms with Crippen LogP contribution in [0, 0.1) is 6.92 Å². The number of hydrogen-bond donors (Lipinski definition) is 4. The second kappa shape index (κ2) is 12.1. The molecule has 0 spiro atoms. The zero-order chi connectivity index (χ0) is 27.4. The average Bonchev–Trinajstić information content (AvgIpc) is 3.27. The zero-order valence-electron chi connectivity index (χ0n) is 21.4. The van der Waals surface area contributed by atoms with Crippen molar-refractivity contribution in [1.82, 2.24) is 4.98 Å². The van der Waals surface area contributed by atoms with Gasteiger partial charge in [0.2, 0.25) is 0 Å². The largest absolute Gasteiger partial charge is 0.505 e. The van der Waals surface area contributed by atoms with Crippen LogP contribution in [0.1, 0.15) is 5.56 Å². The number of nitrogen functional groups attached to an aromatic ring is 1. The molecule has 0 aliphatic heterocycles. The number of aromatic nitrogens is 1. The van der Waals surface area contributed by atoms with Crippen molar-refractivity contribution >= 4 is 129 Å². The summed E-state index contributed by atoms with van der Waals surface area (Å²) in [7, 11) is -9.63. The number of fused-ring (bicyclic) bond motifs is 3. The number of aromatic hydroxyl groups is 1. The van der Waals surface area contributed by atoms with Gasteiger partial charge in [0, 0.05) is 81.1 Å². The number of aryl methyl sites for hydroxylation is 1. The molecule has 4 aromatic carbocycles. The molecule has 0 saturated carbocycles. The fourth-order valence-corrected chi connectivity index (χ4v) is 6.41. The molecule has 0 amide bonds. The van der Waals surface area contributed by atoms with Gasteiger partial charge >= 0.3 is 0 Å². The number of hydrogen-bond acceptors (Lipinski definition) is 10. The third kappa shape index (κ3) is 6.27. The van der Waals surface area contributed by atoms with Gasteiger partial charge in [-0.1, -0.05) is 18.2 Å². The molecule has 5 N–H and O–H groups in total. The molecule has 0 atom stereocenters. The summed E-state index contributed by atoms with van der Waals surface area (Å²) in [5.74, 6) is -0.615. The molecule has 0 aliphatic carbocycles. The first-order valence-electron chi connectivity index (χ1n) is 10.8. The van der Waals surface area contributed by atoms with Gasteiger partial charge in [0.25, 0.3) is 20.2 Å². The first kappa shape index (κ1) is 32.6. The minimum absolute atomic E-state index is 0. The molecule has 1 heterocycles. The molecular formula is C24H18N4Na2O7S3. The third-order valence-corrected chi connectivity index (χ3v) is 8.59. The first-order chi connectivity index (χ1) is 17.8. The topological polar surface area (TPSA) is 193 Å². The van der Waals surface area contributed by atoms with E-state index >= 15 is 0 Å². The minimum Gasteiger partial charge on any atom is -0.505 e. The van der Waals surface area contributed by atoms with Crippen LogP contribution in [0.4, 0.5) is 17.1 Å². The number of phenolic OH excluding ortho intramolecular Hbond substituents is 1. The summed E-state index contributed by atoms with van der Waals surface area (Å²) in [6, 6.07) is 15.3. The zero-order valence-corrected chi connectivity index (χ0v) is 27.8. The Kier molecular flexibility index (Phi) is 9.86. The standard InChI is InChI=1S/C24H18N4O7S3.2Na/c1-12-6-8-17(19(10-12)37(30,31)32)27-28-21-20(38(33,34)35)11-15-13(22(21)29)7-9-18-23(15)36-24(26-18)14-4-2-3-5-16(14)25;;/h2-11,29H,25H2,1H3,(H,30,31,32)(H,33,34,35);;. The molecule has 0 unspecified atom stereocenters. The predicted molar refractivity (Wildman–Crippen MR) is 155 cm³/mol. The van der Waals surface area contributed by atoms with Crippen molar-refractivity contribution in [3.05, 3.63) is 66.2 Å². The van der Waals surface area contributed by atoms with E-state index in [4.69, 9.17) is 5.73 Å². The molecule has 0 aliphatic rings. The molecule has 16 heteroatoms. The van der Waals surface area contributed by atoms with Crippen molar-refractivity contribution in [3.8, 4) is 16.3 Å². The summed E-state index contributed by atoms with van der Waals surface area (Å²) in [5, 5.41) is 19.6. The monoisotopic (exact) mass is 616 g/mol. The summed E-state index contributed by atoms with van der Waals surface area (Å²) >= 11 is 1.22. The number of para-hydroxylation sites is 1. The minimum atomic E-state index is -4.93. The van der Waals surface area contributed by atoms with Gasteiger partial charge in [0.15, 0.2) is 5.75 Å². The van der Waals surface area contributed by atoms with E-state index in [1.165, 1.54) is 29.5 Å². The van der Waals surface area contributed by atoms with Gasteiger partial charge < -0.3 is 10.8 Å². The van der Waals surface area contributed by atoms with Crippen LogP contribution in [0.3, 0.4) is 0 Å². The Labute approximate surface area is 277 Å². The van der Waals surface area contributed by atoms with Crippen LogP contribution >= 0.6 is 11.3 Å². The molecule has 5 aromatic rings. The summed E-state index contributed by atoms with van der Waals surface area (Å²) in [6.07, 6.45) is 0. The van der Waals surface area contributed by atoms with Crippen LogP contribution in [-0.2, 0) is 20.2 Å². The molecule has 0 fully saturated rings. The van der Waals surface area contributed by atoms with E-state index in [0.29, 0.717) is 32.0 Å². The Morgan fingerprint density at radius 1 is 0.850 bits per heavy atom. The van der Waals surface area contributed by atoms with Crippen LogP contribution in [0.25, 0.3) is 31.6 Å². The van der Waals surface area contributed by atoms with Crippen molar-refractivity contribution in [2.75, 3.05) is 5.73 Å². The molecule has 11 nitrogen and oxygen atoms in total. The fourth-order valence-electron chi connectivity index (χ4n) is 3.92. The molecule has 0 saturated heterocycles. The normalized spacial score (nSPS) is 12.0. The second-order valence-electron chi connectivity index (χ2n) is 8.31. The number of thiazole rings is 1. The molecule has 5 rings (SSSR count). The average molecular weight is 617 g/mol. The van der Waals surface area contributed by atoms with Crippen LogP contribution in [0.2, 0.25) is 0 Å². The van der Waals surface area contributed by atoms with E-state index in [1.54, 1.807) is 37.3 Å². The van der Waals surface area contributed by atoms with Gasteiger partial charge in [-0.05, 0) is 55.0 Å². The van der Waals surface area contributed by atoms with E-state index in [9.17, 15) is 31.0 Å². The summed E-state index contributed by atoms with van der Waals surface area (Å²) in [5.41, 5.74) is 7.36. The van der Waals surface area contributed by atoms with E-state index in [2.05, 4.69) is 15.2 Å². The van der Waals surface area contributed by atoms with E-state index in [-0.39, 0.29) is 75.6 Å². The maximum absolute atomic E-state index is 12.3. The molecule has 0 bridgehead atoms. The number of rotatable bonds is 5. The maximum Gasteiger partial charge on any atom is 0.296 e. The summed E-state index contributed by atoms with van der Waals surface area (Å²) < 4.78 is 68.2. The van der Waals surface area contributed by atoms with Crippen LogP contribution in [-0.4, -0.2) is 95.1 Å². The number of nitrogens with two attached hydrogens (primary N) is 1. The fraction of sp³-hybridized carbons (Fsp3) is 0.0417. The predicted octanol–water partition coefficient (Wildman–Crippen LogP) is 4.86. The molecule has 40 heavy (non-hydrogen) atoms. The number of azo groups is 1. The summed E-state index contributed by atoms with van der Waals surface area (Å²) in [6.45, 7) is 1.60. The van der Waals surface area contributed by atoms with Crippen molar-refractivity contribution in [1.29, 1.82) is 0 Å². The van der Waals surface area contributed by atoms with Gasteiger partial charge in [-0.25, -0.2) is 4.98 Å². The SMILES string of the molecule is Cc1ccc(N=Nc2c(S(=O)(=O)O)cc3c(ccc4nc(-c5ccccc5N)sc43)c2O)c(S(=O)(=O)O)c1.[Na].[Na]. The Morgan fingerprint density at radius 3 is 2.17 bits per heavy atom. The van der Waals surface area contributed by atoms with Gasteiger partial charge in [0.1, 0.15) is 26.2 Å². The first-order valence-corrected chi connectivity index (χ1v) is 14.5. The Hall–Kier alpha value is -1.95. The molecule has 1 aromatic heterocycles. The number of benzene rings is 4. The van der Waals surface area contributed by atoms with E-state index < -0.39 is 41.5 Å². The third-order valence-electron chi connectivity index (χ3n) is 5.70. The van der Waals surface area contributed by atoms with Crippen LogP contribution in [0.15, 0.2) is 80.7 Å². The van der Waals surface area contributed by atoms with Gasteiger partial charge in [0.05, 0.1) is 10.2 Å². The molecular weight excluding hydrogens is 598 g/mol. The second-order valence-corrected chi connectivity index (χ2v) is 12.1. The molecule has 196 valence electrons. The van der Waals surface area contributed by atoms with E-state index in [1.807, 2.05) is 0 Å². The van der Waals surface area contributed by atoms with Crippen molar-refractivity contribution < 1.29 is 31.0 Å². The van der Waals surface area contributed by atoms with E-state index in [0.717, 1.165) is 12.1 Å². The quantitative estimate of drug-likeness (QED) is 0.0923. The number of nitrogens with zero attached hydrogens (tertiary/aromatic N) is 3. The number of anilines is 1. The van der Waals surface area contributed by atoms with Crippen molar-refractivity contribution in [2.45, 2.75) is 16.7 Å². The van der Waals surface area contributed by atoms with Crippen molar-refractivity contribution in [3.63, 3.8) is 0 Å².